The van der Waals surface area contributed by atoms with Crippen molar-refractivity contribution in [1.29, 1.82) is 5.26 Å². The van der Waals surface area contributed by atoms with E-state index < -0.39 is 12.1 Å². The molecule has 0 amide bonds. The number of nitriles is 1. The number of hydrogen-bond acceptors (Lipinski definition) is 5. The van der Waals surface area contributed by atoms with Gasteiger partial charge in [0.25, 0.3) is 0 Å². The second kappa shape index (κ2) is 8.74. The molecule has 0 bridgehead atoms. The van der Waals surface area contributed by atoms with Crippen molar-refractivity contribution >= 4 is 5.97 Å². The average Bonchev–Trinajstić information content (AvgIpc) is 2.75. The zero-order chi connectivity index (χ0) is 19.9. The van der Waals surface area contributed by atoms with E-state index >= 15 is 0 Å². The van der Waals surface area contributed by atoms with E-state index in [0.29, 0.717) is 22.8 Å². The van der Waals surface area contributed by atoms with E-state index in [1.54, 1.807) is 62.6 Å². The molecule has 0 heterocycles. The number of ether oxygens (including phenoxy) is 3. The third kappa shape index (κ3) is 4.68. The average molecular weight is 373 g/mol. The van der Waals surface area contributed by atoms with Crippen molar-refractivity contribution in [3.05, 3.63) is 78.4 Å². The largest absolute Gasteiger partial charge is 0.497 e. The maximum Gasteiger partial charge on any atom is 0.352 e. The first-order valence-electron chi connectivity index (χ1n) is 8.72. The van der Waals surface area contributed by atoms with Gasteiger partial charge < -0.3 is 14.2 Å². The van der Waals surface area contributed by atoms with Gasteiger partial charge in [-0.15, -0.1) is 0 Å². The fraction of sp³-hybridized carbons (Fsp3) is 0.130. The van der Waals surface area contributed by atoms with Crippen LogP contribution in [0.1, 0.15) is 12.5 Å². The Labute approximate surface area is 163 Å². The van der Waals surface area contributed by atoms with Crippen LogP contribution in [-0.2, 0) is 4.79 Å². The van der Waals surface area contributed by atoms with Crippen molar-refractivity contribution in [3.63, 3.8) is 0 Å². The standard InChI is InChI=1S/C23H19NO4/c1-16(27-21-13-11-20(26-2)12-14-21)23(25)28-22-9-7-19(8-10-22)18-5-3-17(15-24)4-6-18/h3-14,16H,1-2H3. The molecule has 0 aliphatic carbocycles. The summed E-state index contributed by atoms with van der Waals surface area (Å²) in [6.45, 7) is 1.64. The molecule has 1 unspecified atom stereocenters. The highest BCUT2D eigenvalue weighted by molar-refractivity contribution is 5.77. The minimum Gasteiger partial charge on any atom is -0.497 e. The predicted molar refractivity (Wildman–Crippen MR) is 105 cm³/mol. The first-order chi connectivity index (χ1) is 13.6. The Morgan fingerprint density at radius 1 is 0.821 bits per heavy atom. The second-order valence-corrected chi connectivity index (χ2v) is 6.07. The van der Waals surface area contributed by atoms with Crippen LogP contribution in [0, 0.1) is 11.3 Å². The smallest absolute Gasteiger partial charge is 0.352 e. The van der Waals surface area contributed by atoms with Crippen molar-refractivity contribution in [2.45, 2.75) is 13.0 Å². The Morgan fingerprint density at radius 2 is 1.32 bits per heavy atom. The van der Waals surface area contributed by atoms with E-state index in [4.69, 9.17) is 19.5 Å². The molecule has 140 valence electrons. The van der Waals surface area contributed by atoms with Gasteiger partial charge in [0.15, 0.2) is 6.10 Å². The summed E-state index contributed by atoms with van der Waals surface area (Å²) in [5.41, 5.74) is 2.56. The molecule has 3 aromatic carbocycles. The Morgan fingerprint density at radius 3 is 1.86 bits per heavy atom. The number of benzene rings is 3. The lowest BCUT2D eigenvalue weighted by Gasteiger charge is -2.14. The Bertz CT molecular complexity index is 971. The fourth-order valence-electron chi connectivity index (χ4n) is 2.56. The van der Waals surface area contributed by atoms with E-state index in [0.717, 1.165) is 11.1 Å². The molecule has 0 saturated heterocycles. The SMILES string of the molecule is COc1ccc(OC(C)C(=O)Oc2ccc(-c3ccc(C#N)cc3)cc2)cc1. The summed E-state index contributed by atoms with van der Waals surface area (Å²) in [5.74, 6) is 1.22. The van der Waals surface area contributed by atoms with Crippen molar-refractivity contribution in [2.75, 3.05) is 7.11 Å². The Kier molecular flexibility index (Phi) is 5.93. The first-order valence-corrected chi connectivity index (χ1v) is 8.72. The van der Waals surface area contributed by atoms with Gasteiger partial charge in [0, 0.05) is 0 Å². The highest BCUT2D eigenvalue weighted by Crippen LogP contribution is 2.23. The lowest BCUT2D eigenvalue weighted by molar-refractivity contribution is -0.141. The molecule has 5 heteroatoms. The Balaban J connectivity index is 1.60. The third-order valence-corrected chi connectivity index (χ3v) is 4.12. The third-order valence-electron chi connectivity index (χ3n) is 4.12. The number of methoxy groups -OCH3 is 1. The monoisotopic (exact) mass is 373 g/mol. The summed E-state index contributed by atoms with van der Waals surface area (Å²) in [4.78, 5) is 12.3. The van der Waals surface area contributed by atoms with E-state index in [1.807, 2.05) is 24.3 Å². The van der Waals surface area contributed by atoms with Crippen LogP contribution >= 0.6 is 0 Å². The number of esters is 1. The van der Waals surface area contributed by atoms with Crippen molar-refractivity contribution in [3.8, 4) is 34.4 Å². The van der Waals surface area contributed by atoms with Crippen LogP contribution in [0.2, 0.25) is 0 Å². The zero-order valence-corrected chi connectivity index (χ0v) is 15.6. The summed E-state index contributed by atoms with van der Waals surface area (Å²) in [5, 5.41) is 8.87. The molecule has 0 N–H and O–H groups in total. The van der Waals surface area contributed by atoms with Gasteiger partial charge in [-0.1, -0.05) is 24.3 Å². The van der Waals surface area contributed by atoms with Crippen LogP contribution in [0.4, 0.5) is 0 Å². The molecule has 0 aliphatic rings. The van der Waals surface area contributed by atoms with Gasteiger partial charge >= 0.3 is 5.97 Å². The van der Waals surface area contributed by atoms with E-state index in [9.17, 15) is 4.79 Å². The molecule has 28 heavy (non-hydrogen) atoms. The molecule has 0 fully saturated rings. The molecular formula is C23H19NO4. The van der Waals surface area contributed by atoms with Gasteiger partial charge in [0.1, 0.15) is 17.2 Å². The molecule has 0 radical (unpaired) electrons. The number of rotatable bonds is 6. The van der Waals surface area contributed by atoms with Gasteiger partial charge in [-0.2, -0.15) is 5.26 Å². The van der Waals surface area contributed by atoms with Crippen LogP contribution in [0.5, 0.6) is 17.2 Å². The van der Waals surface area contributed by atoms with Crippen LogP contribution in [0.25, 0.3) is 11.1 Å². The van der Waals surface area contributed by atoms with E-state index in [2.05, 4.69) is 6.07 Å². The van der Waals surface area contributed by atoms with Gasteiger partial charge in [-0.05, 0) is 66.6 Å². The lowest BCUT2D eigenvalue weighted by Crippen LogP contribution is -2.28. The lowest BCUT2D eigenvalue weighted by atomic mass is 10.0. The molecule has 3 aromatic rings. The fourth-order valence-corrected chi connectivity index (χ4v) is 2.56. The molecule has 1 atom stereocenters. The zero-order valence-electron chi connectivity index (χ0n) is 15.6. The van der Waals surface area contributed by atoms with Crippen LogP contribution < -0.4 is 14.2 Å². The van der Waals surface area contributed by atoms with Gasteiger partial charge in [-0.25, -0.2) is 4.79 Å². The molecule has 0 saturated carbocycles. The molecule has 0 aromatic heterocycles. The summed E-state index contributed by atoms with van der Waals surface area (Å²) in [6, 6.07) is 23.5. The highest BCUT2D eigenvalue weighted by atomic mass is 16.6. The quantitative estimate of drug-likeness (QED) is 0.466. The highest BCUT2D eigenvalue weighted by Gasteiger charge is 2.17. The van der Waals surface area contributed by atoms with Crippen LogP contribution in [-0.4, -0.2) is 19.2 Å². The first kappa shape index (κ1) is 19.0. The number of carbonyl (C=O) groups excluding carboxylic acids is 1. The van der Waals surface area contributed by atoms with E-state index in [-0.39, 0.29) is 0 Å². The molecular weight excluding hydrogens is 354 g/mol. The Hall–Kier alpha value is -3.78. The second-order valence-electron chi connectivity index (χ2n) is 6.07. The summed E-state index contributed by atoms with van der Waals surface area (Å²) < 4.78 is 16.1. The molecule has 0 aliphatic heterocycles. The number of hydrogen-bond donors (Lipinski definition) is 0. The molecule has 3 rings (SSSR count). The van der Waals surface area contributed by atoms with Gasteiger partial charge in [0.05, 0.1) is 18.7 Å². The maximum atomic E-state index is 12.3. The number of carbonyl (C=O) groups is 1. The minimum absolute atomic E-state index is 0.438. The van der Waals surface area contributed by atoms with E-state index in [1.165, 1.54) is 0 Å². The van der Waals surface area contributed by atoms with Gasteiger partial charge in [0.2, 0.25) is 0 Å². The number of nitrogens with zero attached hydrogens (tertiary/aromatic N) is 1. The molecule has 0 spiro atoms. The maximum absolute atomic E-state index is 12.3. The topological polar surface area (TPSA) is 68.6 Å². The van der Waals surface area contributed by atoms with Gasteiger partial charge in [-0.3, -0.25) is 0 Å². The van der Waals surface area contributed by atoms with Crippen LogP contribution in [0.15, 0.2) is 72.8 Å². The normalized spacial score (nSPS) is 11.2. The molecule has 5 nitrogen and oxygen atoms in total. The summed E-state index contributed by atoms with van der Waals surface area (Å²) in [7, 11) is 1.59. The summed E-state index contributed by atoms with van der Waals surface area (Å²) in [6.07, 6.45) is -0.758. The minimum atomic E-state index is -0.758. The summed E-state index contributed by atoms with van der Waals surface area (Å²) >= 11 is 0. The van der Waals surface area contributed by atoms with Crippen molar-refractivity contribution < 1.29 is 19.0 Å². The van der Waals surface area contributed by atoms with Crippen molar-refractivity contribution in [2.24, 2.45) is 0 Å². The van der Waals surface area contributed by atoms with Crippen LogP contribution in [0.3, 0.4) is 0 Å². The predicted octanol–water partition coefficient (Wildman–Crippen LogP) is 4.61. The van der Waals surface area contributed by atoms with Crippen molar-refractivity contribution in [1.82, 2.24) is 0 Å².